The molecule has 6 nitrogen and oxygen atoms in total. The molecule has 0 unspecified atom stereocenters. The molecule has 3 aromatic rings. The van der Waals surface area contributed by atoms with Gasteiger partial charge < -0.3 is 14.5 Å². The van der Waals surface area contributed by atoms with Crippen LogP contribution in [0.15, 0.2) is 40.5 Å². The van der Waals surface area contributed by atoms with Crippen molar-refractivity contribution in [1.82, 2.24) is 9.97 Å². The summed E-state index contributed by atoms with van der Waals surface area (Å²) in [4.78, 5) is 30.7. The first-order valence-electron chi connectivity index (χ1n) is 6.45. The van der Waals surface area contributed by atoms with Crippen LogP contribution in [0.5, 0.6) is 5.75 Å². The summed E-state index contributed by atoms with van der Waals surface area (Å²) in [6.07, 6.45) is 0. The van der Waals surface area contributed by atoms with E-state index in [1.165, 1.54) is 18.4 Å². The van der Waals surface area contributed by atoms with Crippen LogP contribution in [0.1, 0.15) is 16.2 Å². The molecule has 0 fully saturated rings. The molecule has 0 aliphatic rings. The molecule has 1 aromatic carbocycles. The Balaban J connectivity index is 1.75. The fraction of sp³-hybridized carbons (Fsp3) is 0.133. The maximum absolute atomic E-state index is 12.0. The maximum atomic E-state index is 12.0. The van der Waals surface area contributed by atoms with Crippen LogP contribution in [0.3, 0.4) is 0 Å². The zero-order valence-corrected chi connectivity index (χ0v) is 12.5. The molecule has 0 aliphatic carbocycles. The Labute approximate surface area is 129 Å². The van der Waals surface area contributed by atoms with E-state index in [0.29, 0.717) is 27.4 Å². The molecular weight excluding hydrogens is 304 g/mol. The van der Waals surface area contributed by atoms with Gasteiger partial charge in [0.1, 0.15) is 22.9 Å². The Bertz CT molecular complexity index is 884. The normalized spacial score (nSPS) is 10.6. The van der Waals surface area contributed by atoms with Gasteiger partial charge >= 0.3 is 5.97 Å². The van der Waals surface area contributed by atoms with Gasteiger partial charge in [0, 0.05) is 0 Å². The smallest absolute Gasteiger partial charge is 0.338 e. The van der Waals surface area contributed by atoms with Crippen LogP contribution < -0.4 is 10.3 Å². The van der Waals surface area contributed by atoms with E-state index in [9.17, 15) is 9.59 Å². The average molecular weight is 316 g/mol. The molecule has 7 heteroatoms. The lowest BCUT2D eigenvalue weighted by atomic mass is 10.2. The van der Waals surface area contributed by atoms with Crippen LogP contribution in [-0.4, -0.2) is 23.0 Å². The summed E-state index contributed by atoms with van der Waals surface area (Å²) in [6, 6.07) is 8.40. The second kappa shape index (κ2) is 5.98. The van der Waals surface area contributed by atoms with Crippen LogP contribution in [0.2, 0.25) is 0 Å². The lowest BCUT2D eigenvalue weighted by molar-refractivity contribution is 0.0462. The van der Waals surface area contributed by atoms with Crippen LogP contribution in [0.4, 0.5) is 0 Å². The van der Waals surface area contributed by atoms with E-state index in [1.54, 1.807) is 35.7 Å². The van der Waals surface area contributed by atoms with Gasteiger partial charge in [-0.2, -0.15) is 0 Å². The van der Waals surface area contributed by atoms with Crippen LogP contribution in [0.25, 0.3) is 10.2 Å². The Morgan fingerprint density at radius 2 is 2.23 bits per heavy atom. The summed E-state index contributed by atoms with van der Waals surface area (Å²) in [5.41, 5.74) is 0.743. The summed E-state index contributed by atoms with van der Waals surface area (Å²) in [5, 5.41) is 1.79. The van der Waals surface area contributed by atoms with Gasteiger partial charge in [-0.3, -0.25) is 4.79 Å². The molecule has 112 valence electrons. The summed E-state index contributed by atoms with van der Waals surface area (Å²) in [5.74, 6) is 0.375. The Hall–Kier alpha value is -2.67. The van der Waals surface area contributed by atoms with Crippen LogP contribution >= 0.6 is 11.3 Å². The van der Waals surface area contributed by atoms with Crippen molar-refractivity contribution in [2.45, 2.75) is 6.61 Å². The Morgan fingerprint density at radius 3 is 3.05 bits per heavy atom. The largest absolute Gasteiger partial charge is 0.497 e. The molecule has 0 radical (unpaired) electrons. The zero-order chi connectivity index (χ0) is 15.5. The van der Waals surface area contributed by atoms with Crippen molar-refractivity contribution < 1.29 is 14.3 Å². The second-order valence-electron chi connectivity index (χ2n) is 4.46. The number of ether oxygens (including phenoxy) is 2. The van der Waals surface area contributed by atoms with Crippen molar-refractivity contribution in [2.75, 3.05) is 7.11 Å². The molecule has 0 atom stereocenters. The van der Waals surface area contributed by atoms with Gasteiger partial charge in [0.05, 0.1) is 18.2 Å². The number of rotatable bonds is 4. The average Bonchev–Trinajstić information content (AvgIpc) is 3.01. The lowest BCUT2D eigenvalue weighted by Gasteiger charge is -2.06. The number of aromatic nitrogens is 2. The number of aromatic amines is 1. The molecule has 0 bridgehead atoms. The third-order valence-electron chi connectivity index (χ3n) is 3.01. The zero-order valence-electron chi connectivity index (χ0n) is 11.7. The third kappa shape index (κ3) is 2.84. The molecule has 1 N–H and O–H groups in total. The van der Waals surface area contributed by atoms with Gasteiger partial charge in [0.2, 0.25) is 0 Å². The molecule has 2 heterocycles. The van der Waals surface area contributed by atoms with E-state index in [2.05, 4.69) is 9.97 Å². The molecule has 0 saturated heterocycles. The Kier molecular flexibility index (Phi) is 3.88. The van der Waals surface area contributed by atoms with Crippen molar-refractivity contribution in [3.05, 3.63) is 57.5 Å². The summed E-state index contributed by atoms with van der Waals surface area (Å²) < 4.78 is 10.8. The van der Waals surface area contributed by atoms with Gasteiger partial charge in [0.15, 0.2) is 0 Å². The molecule has 3 rings (SSSR count). The number of thiophene rings is 1. The maximum Gasteiger partial charge on any atom is 0.338 e. The molecule has 22 heavy (non-hydrogen) atoms. The number of H-pyrrole nitrogens is 1. The number of fused-ring (bicyclic) bond motifs is 1. The number of methoxy groups -OCH3 is 1. The quantitative estimate of drug-likeness (QED) is 0.747. The van der Waals surface area contributed by atoms with Gasteiger partial charge in [-0.15, -0.1) is 11.3 Å². The minimum atomic E-state index is -0.507. The van der Waals surface area contributed by atoms with Crippen LogP contribution in [0, 0.1) is 0 Å². The first kappa shape index (κ1) is 14.3. The number of nitrogens with zero attached hydrogens (tertiary/aromatic N) is 1. The van der Waals surface area contributed by atoms with Crippen molar-refractivity contribution in [3.8, 4) is 5.75 Å². The highest BCUT2D eigenvalue weighted by atomic mass is 32.1. The fourth-order valence-corrected chi connectivity index (χ4v) is 2.68. The number of carbonyl (C=O) groups is 1. The highest BCUT2D eigenvalue weighted by Gasteiger charge is 2.10. The fourth-order valence-electron chi connectivity index (χ4n) is 1.96. The number of hydrogen-bond donors (Lipinski definition) is 1. The highest BCUT2D eigenvalue weighted by Crippen LogP contribution is 2.15. The summed E-state index contributed by atoms with van der Waals surface area (Å²) >= 11 is 1.32. The molecule has 0 amide bonds. The number of nitrogens with one attached hydrogen (secondary N) is 1. The van der Waals surface area contributed by atoms with Gasteiger partial charge in [0.25, 0.3) is 5.56 Å². The third-order valence-corrected chi connectivity index (χ3v) is 3.91. The minimum Gasteiger partial charge on any atom is -0.497 e. The first-order chi connectivity index (χ1) is 10.7. The van der Waals surface area contributed by atoms with Crippen molar-refractivity contribution in [1.29, 1.82) is 0 Å². The van der Waals surface area contributed by atoms with Crippen molar-refractivity contribution in [3.63, 3.8) is 0 Å². The summed E-state index contributed by atoms with van der Waals surface area (Å²) in [6.45, 7) is -0.100. The van der Waals surface area contributed by atoms with Gasteiger partial charge in [-0.25, -0.2) is 9.78 Å². The van der Waals surface area contributed by atoms with E-state index < -0.39 is 5.97 Å². The highest BCUT2D eigenvalue weighted by molar-refractivity contribution is 7.17. The lowest BCUT2D eigenvalue weighted by Crippen LogP contribution is -2.13. The molecule has 0 spiro atoms. The van der Waals surface area contributed by atoms with E-state index in [4.69, 9.17) is 9.47 Å². The number of benzene rings is 1. The van der Waals surface area contributed by atoms with Gasteiger partial charge in [-0.1, -0.05) is 6.07 Å². The SMILES string of the molecule is COc1cccc(C(=O)OCc2nc3ccsc3c(=O)[nH]2)c1. The monoisotopic (exact) mass is 316 g/mol. The first-order valence-corrected chi connectivity index (χ1v) is 7.33. The predicted molar refractivity (Wildman–Crippen MR) is 82.4 cm³/mol. The van der Waals surface area contributed by atoms with Crippen LogP contribution in [-0.2, 0) is 11.3 Å². The predicted octanol–water partition coefficient (Wildman–Crippen LogP) is 2.35. The topological polar surface area (TPSA) is 81.3 Å². The number of hydrogen-bond acceptors (Lipinski definition) is 6. The number of esters is 1. The second-order valence-corrected chi connectivity index (χ2v) is 5.37. The molecule has 0 saturated carbocycles. The Morgan fingerprint density at radius 1 is 1.36 bits per heavy atom. The van der Waals surface area contributed by atoms with E-state index in [0.717, 1.165) is 0 Å². The van der Waals surface area contributed by atoms with Crippen molar-refractivity contribution >= 4 is 27.5 Å². The summed E-state index contributed by atoms with van der Waals surface area (Å²) in [7, 11) is 1.52. The molecule has 0 aliphatic heterocycles. The van der Waals surface area contributed by atoms with Gasteiger partial charge in [-0.05, 0) is 29.6 Å². The molecule has 2 aromatic heterocycles. The van der Waals surface area contributed by atoms with E-state index >= 15 is 0 Å². The molecular formula is C15H12N2O4S. The van der Waals surface area contributed by atoms with E-state index in [1.807, 2.05) is 0 Å². The van der Waals surface area contributed by atoms with E-state index in [-0.39, 0.29) is 12.2 Å². The minimum absolute atomic E-state index is 0.100. The van der Waals surface area contributed by atoms with Crippen molar-refractivity contribution in [2.24, 2.45) is 0 Å². The standard InChI is InChI=1S/C15H12N2O4S/c1-20-10-4-2-3-9(7-10)15(19)21-8-12-16-11-5-6-22-13(11)14(18)17-12/h2-7H,8H2,1H3,(H,16,17,18). The number of carbonyl (C=O) groups excluding carboxylic acids is 1.